The normalized spacial score (nSPS) is 16.5. The molecule has 0 aliphatic rings. The van der Waals surface area contributed by atoms with E-state index in [1.54, 1.807) is 0 Å². The number of hydrogen-bond donors (Lipinski definition) is 2. The molecule has 0 spiro atoms. The maximum absolute atomic E-state index is 13.6. The van der Waals surface area contributed by atoms with Crippen LogP contribution in [0.4, 0.5) is 61.5 Å². The van der Waals surface area contributed by atoms with E-state index in [1.807, 2.05) is 40.1 Å². The molecule has 0 aliphatic carbocycles. The van der Waals surface area contributed by atoms with Crippen LogP contribution in [0.3, 0.4) is 0 Å². The molecule has 4 unspecified atom stereocenters. The largest absolute Gasteiger partial charge is 1.00 e. The fourth-order valence-corrected chi connectivity index (χ4v) is 7.20. The molecule has 26 heteroatoms. The maximum atomic E-state index is 13.6. The van der Waals surface area contributed by atoms with Gasteiger partial charge in [0, 0.05) is 38.7 Å². The highest BCUT2D eigenvalue weighted by molar-refractivity contribution is 7.89. The van der Waals surface area contributed by atoms with E-state index in [-0.39, 0.29) is 65.0 Å². The third-order valence-corrected chi connectivity index (χ3v) is 11.2. The molecule has 0 rings (SSSR count). The number of alkyl halides is 15. The zero-order chi connectivity index (χ0) is 46.0. The van der Waals surface area contributed by atoms with E-state index in [4.69, 9.17) is 0 Å². The fourth-order valence-electron chi connectivity index (χ4n) is 4.83. The summed E-state index contributed by atoms with van der Waals surface area (Å²) in [6.45, 7) is 1.89. The molecule has 356 valence electrons. The van der Waals surface area contributed by atoms with Crippen molar-refractivity contribution in [3.8, 4) is 0 Å². The van der Waals surface area contributed by atoms with Crippen molar-refractivity contribution in [3.05, 3.63) is 0 Å². The van der Waals surface area contributed by atoms with Crippen molar-refractivity contribution >= 4 is 31.6 Å². The van der Waals surface area contributed by atoms with Gasteiger partial charge in [0.25, 0.3) is 0 Å². The van der Waals surface area contributed by atoms with Gasteiger partial charge in [0.1, 0.15) is 0 Å². The second kappa shape index (κ2) is 26.7. The molecule has 0 aromatic heterocycles. The van der Waals surface area contributed by atoms with Crippen molar-refractivity contribution in [2.75, 3.05) is 79.3 Å². The smallest absolute Gasteiger partial charge is 0.422 e. The summed E-state index contributed by atoms with van der Waals surface area (Å²) in [5.74, 6) is -5.87. The Hall–Kier alpha value is -0.660. The number of halogens is 16. The molecule has 8 nitrogen and oxygen atoms in total. The molecule has 0 heterocycles. The Morgan fingerprint density at radius 3 is 1.14 bits per heavy atom. The SMILES string of the molecule is CC(F)(CC(CCCCS(=O)(=O)NCCC[N+](C)(C)C)C(F)(F)F)C(F)(F)F.CCl.CN(C)CCCNS(=O)(=O)CCCCC(CC(C)(F)C(F)(F)F)C(F)(F)F.[Cl-]. The summed E-state index contributed by atoms with van der Waals surface area (Å²) in [5, 5.41) is 0. The molecular weight excluding hydrogens is 905 g/mol. The van der Waals surface area contributed by atoms with Gasteiger partial charge in [0.05, 0.1) is 51.0 Å². The fraction of sp³-hybridized carbons (Fsp3) is 1.00. The van der Waals surface area contributed by atoms with Gasteiger partial charge < -0.3 is 21.8 Å². The van der Waals surface area contributed by atoms with E-state index in [0.29, 0.717) is 23.9 Å². The Bertz CT molecular complexity index is 1310. The van der Waals surface area contributed by atoms with Gasteiger partial charge >= 0.3 is 24.7 Å². The van der Waals surface area contributed by atoms with Crippen LogP contribution in [0.1, 0.15) is 78.1 Å². The Balaban J connectivity index is -0.000000474. The molecule has 2 N–H and O–H groups in total. The summed E-state index contributed by atoms with van der Waals surface area (Å²) < 4.78 is 232. The van der Waals surface area contributed by atoms with E-state index >= 15 is 0 Å². The van der Waals surface area contributed by atoms with Crippen LogP contribution in [0.15, 0.2) is 0 Å². The Morgan fingerprint density at radius 2 is 0.879 bits per heavy atom. The Kier molecular flexibility index (Phi) is 29.5. The second-order valence-electron chi connectivity index (χ2n) is 15.2. The van der Waals surface area contributed by atoms with Crippen molar-refractivity contribution in [1.82, 2.24) is 14.3 Å². The van der Waals surface area contributed by atoms with E-state index in [9.17, 15) is 78.3 Å². The lowest BCUT2D eigenvalue weighted by Gasteiger charge is -2.29. The molecule has 58 heavy (non-hydrogen) atoms. The van der Waals surface area contributed by atoms with Crippen LogP contribution in [-0.4, -0.2) is 142 Å². The first kappa shape index (κ1) is 64.0. The summed E-state index contributed by atoms with van der Waals surface area (Å²) in [6, 6.07) is 0. The van der Waals surface area contributed by atoms with Gasteiger partial charge in [-0.3, -0.25) is 0 Å². The molecule has 0 aromatic rings. The van der Waals surface area contributed by atoms with Gasteiger partial charge in [0.2, 0.25) is 31.4 Å². The molecule has 0 fully saturated rings. The van der Waals surface area contributed by atoms with Gasteiger partial charge in [0.15, 0.2) is 0 Å². The number of unbranched alkanes of at least 4 members (excludes halogenated alkanes) is 2. The zero-order valence-corrected chi connectivity index (χ0v) is 37.0. The van der Waals surface area contributed by atoms with E-state index < -0.39 is 105 Å². The predicted molar refractivity (Wildman–Crippen MR) is 193 cm³/mol. The first-order chi connectivity index (χ1) is 25.2. The predicted octanol–water partition coefficient (Wildman–Crippen LogP) is 5.78. The minimum Gasteiger partial charge on any atom is -1.00 e. The lowest BCUT2D eigenvalue weighted by atomic mass is 9.88. The third-order valence-electron chi connectivity index (χ3n) is 8.23. The average molecular weight is 966 g/mol. The van der Waals surface area contributed by atoms with Crippen LogP contribution in [0.5, 0.6) is 0 Å². The minimum atomic E-state index is -5.41. The summed E-state index contributed by atoms with van der Waals surface area (Å²) in [6.07, 6.45) is -24.1. The molecular formula is C32H60Cl2F14N4O4S2. The van der Waals surface area contributed by atoms with Gasteiger partial charge in [-0.1, -0.05) is 12.8 Å². The summed E-state index contributed by atoms with van der Waals surface area (Å²) in [4.78, 5) is 1.85. The molecule has 0 bridgehead atoms. The van der Waals surface area contributed by atoms with Crippen molar-refractivity contribution in [3.63, 3.8) is 0 Å². The summed E-state index contributed by atoms with van der Waals surface area (Å²) in [7, 11) is 2.08. The number of sulfonamides is 2. The standard InChI is InChI=1S/C16H30F7N2O2S.C15H27F7N2O2S.CH3Cl.ClH/c1-14(17,16(21,22)23)12-13(15(18,19)20)8-5-6-11-28(26,27)24-9-7-10-25(2,3)4;1-13(16,15(20,21)22)11-12(14(17,18)19)7-4-5-10-27(25,26)23-8-6-9-24(2)3;1-2;/h13,24H,5-12H2,1-4H3;12,23H,4-11H2,1-3H3;1H3;1H/q+1;;;/p-1. The Labute approximate surface area is 345 Å². The van der Waals surface area contributed by atoms with Crippen LogP contribution in [0.2, 0.25) is 0 Å². The van der Waals surface area contributed by atoms with Crippen LogP contribution in [-0.2, 0) is 20.0 Å². The van der Waals surface area contributed by atoms with Gasteiger partial charge in [-0.25, -0.2) is 35.1 Å². The van der Waals surface area contributed by atoms with E-state index in [0.717, 1.165) is 6.54 Å². The third kappa shape index (κ3) is 31.2. The number of quaternary nitrogens is 1. The number of rotatable bonds is 24. The lowest BCUT2D eigenvalue weighted by molar-refractivity contribution is -0.870. The number of hydrogen-bond acceptors (Lipinski definition) is 5. The monoisotopic (exact) mass is 964 g/mol. The highest BCUT2D eigenvalue weighted by Gasteiger charge is 2.57. The molecule has 0 aliphatic heterocycles. The van der Waals surface area contributed by atoms with Crippen molar-refractivity contribution in [2.24, 2.45) is 11.8 Å². The molecule has 0 amide bonds. The maximum Gasteiger partial charge on any atom is 0.422 e. The first-order valence-corrected chi connectivity index (χ1v) is 21.7. The minimum absolute atomic E-state index is 0. The van der Waals surface area contributed by atoms with Crippen LogP contribution < -0.4 is 21.9 Å². The summed E-state index contributed by atoms with van der Waals surface area (Å²) >= 11 is 4.64. The van der Waals surface area contributed by atoms with Crippen LogP contribution in [0.25, 0.3) is 0 Å². The van der Waals surface area contributed by atoms with Crippen molar-refractivity contribution < 1.29 is 95.2 Å². The van der Waals surface area contributed by atoms with Gasteiger partial charge in [-0.05, 0) is 66.6 Å². The lowest BCUT2D eigenvalue weighted by Crippen LogP contribution is -3.00. The van der Waals surface area contributed by atoms with E-state index in [2.05, 4.69) is 21.0 Å². The van der Waals surface area contributed by atoms with Gasteiger partial charge in [-0.15, -0.1) is 11.6 Å². The quantitative estimate of drug-likeness (QED) is 0.0555. The number of nitrogens with one attached hydrogen (secondary N) is 2. The molecule has 0 saturated carbocycles. The average Bonchev–Trinajstić information content (AvgIpc) is 2.99. The second-order valence-corrected chi connectivity index (χ2v) is 19.1. The zero-order valence-electron chi connectivity index (χ0n) is 33.9. The topological polar surface area (TPSA) is 95.6 Å². The highest BCUT2D eigenvalue weighted by atomic mass is 35.5. The van der Waals surface area contributed by atoms with Crippen molar-refractivity contribution in [1.29, 1.82) is 0 Å². The molecule has 0 radical (unpaired) electrons. The summed E-state index contributed by atoms with van der Waals surface area (Å²) in [5.41, 5.74) is -7.93. The van der Waals surface area contributed by atoms with Crippen molar-refractivity contribution in [2.45, 2.75) is 114 Å². The van der Waals surface area contributed by atoms with E-state index in [1.165, 1.54) is 6.38 Å². The number of nitrogens with zero attached hydrogens (tertiary/aromatic N) is 2. The highest BCUT2D eigenvalue weighted by Crippen LogP contribution is 2.45. The van der Waals surface area contributed by atoms with Crippen LogP contribution >= 0.6 is 11.6 Å². The molecule has 4 atom stereocenters. The molecule has 0 saturated heterocycles. The van der Waals surface area contributed by atoms with Gasteiger partial charge in [-0.2, -0.15) is 52.7 Å². The Morgan fingerprint density at radius 1 is 0.569 bits per heavy atom. The van der Waals surface area contributed by atoms with Crippen LogP contribution in [0, 0.1) is 11.8 Å². The molecule has 0 aromatic carbocycles. The first-order valence-electron chi connectivity index (χ1n) is 17.7.